The number of hydrogen-bond acceptors (Lipinski definition) is 5. The van der Waals surface area contributed by atoms with Crippen LogP contribution in [-0.4, -0.2) is 25.5 Å². The van der Waals surface area contributed by atoms with Crippen molar-refractivity contribution in [2.45, 2.75) is 13.0 Å². The Bertz CT molecular complexity index is 1130. The van der Waals surface area contributed by atoms with Crippen LogP contribution in [0, 0.1) is 0 Å². The molecule has 0 aliphatic rings. The molecule has 0 fully saturated rings. The highest BCUT2D eigenvalue weighted by atomic mass is 32.1. The molecule has 4 rings (SSSR count). The van der Waals surface area contributed by atoms with E-state index in [0.29, 0.717) is 11.2 Å². The van der Waals surface area contributed by atoms with E-state index in [-0.39, 0.29) is 17.6 Å². The summed E-state index contributed by atoms with van der Waals surface area (Å²) in [5.41, 5.74) is 2.17. The number of aromatic nitrogens is 4. The molecule has 0 spiro atoms. The summed E-state index contributed by atoms with van der Waals surface area (Å²) in [4.78, 5) is 28.9. The molecule has 3 aromatic heterocycles. The van der Waals surface area contributed by atoms with Crippen molar-refractivity contribution in [3.8, 4) is 11.3 Å². The Labute approximate surface area is 152 Å². The van der Waals surface area contributed by atoms with Crippen LogP contribution in [0.1, 0.15) is 28.3 Å². The largest absolute Gasteiger partial charge is 0.347 e. The number of nitrogens with zero attached hydrogens (tertiary/aromatic N) is 3. The van der Waals surface area contributed by atoms with Crippen LogP contribution in [0.15, 0.2) is 58.8 Å². The maximum atomic E-state index is 12.6. The monoisotopic (exact) mass is 365 g/mol. The minimum absolute atomic E-state index is 0.268. The van der Waals surface area contributed by atoms with E-state index in [4.69, 9.17) is 0 Å². The molecule has 7 nitrogen and oxygen atoms in total. The third-order valence-corrected chi connectivity index (χ3v) is 5.02. The topological polar surface area (TPSA) is 92.2 Å². The zero-order valence-corrected chi connectivity index (χ0v) is 14.7. The maximum absolute atomic E-state index is 12.6. The van der Waals surface area contributed by atoms with E-state index in [1.54, 1.807) is 18.3 Å². The molecule has 2 N–H and O–H groups in total. The summed E-state index contributed by atoms with van der Waals surface area (Å²) >= 11 is 1.49. The van der Waals surface area contributed by atoms with E-state index < -0.39 is 0 Å². The van der Waals surface area contributed by atoms with Gasteiger partial charge in [0.25, 0.3) is 5.91 Å². The zero-order chi connectivity index (χ0) is 18.1. The minimum atomic E-state index is -0.380. The van der Waals surface area contributed by atoms with Crippen LogP contribution < -0.4 is 11.0 Å². The lowest BCUT2D eigenvalue weighted by atomic mass is 10.2. The third kappa shape index (κ3) is 2.91. The van der Waals surface area contributed by atoms with Crippen molar-refractivity contribution in [1.29, 1.82) is 0 Å². The van der Waals surface area contributed by atoms with E-state index in [1.165, 1.54) is 15.7 Å². The maximum Gasteiger partial charge on any atom is 0.347 e. The van der Waals surface area contributed by atoms with Crippen molar-refractivity contribution < 1.29 is 4.79 Å². The van der Waals surface area contributed by atoms with Gasteiger partial charge in [-0.1, -0.05) is 30.3 Å². The Morgan fingerprint density at radius 2 is 2.04 bits per heavy atom. The number of H-pyrrole nitrogens is 1. The second kappa shape index (κ2) is 6.57. The minimum Gasteiger partial charge on any atom is -0.343 e. The lowest BCUT2D eigenvalue weighted by molar-refractivity contribution is 0.0941. The van der Waals surface area contributed by atoms with Crippen LogP contribution in [-0.2, 0) is 0 Å². The van der Waals surface area contributed by atoms with Gasteiger partial charge in [-0.15, -0.1) is 11.3 Å². The van der Waals surface area contributed by atoms with Gasteiger partial charge in [0.1, 0.15) is 5.01 Å². The van der Waals surface area contributed by atoms with E-state index in [2.05, 4.69) is 20.5 Å². The Kier molecular flexibility index (Phi) is 4.10. The van der Waals surface area contributed by atoms with Crippen LogP contribution in [0.3, 0.4) is 0 Å². The third-order valence-electron chi connectivity index (χ3n) is 4.00. The van der Waals surface area contributed by atoms with Crippen molar-refractivity contribution in [3.63, 3.8) is 0 Å². The van der Waals surface area contributed by atoms with Crippen LogP contribution in [0.4, 0.5) is 0 Å². The van der Waals surface area contributed by atoms with Gasteiger partial charge in [0, 0.05) is 17.1 Å². The van der Waals surface area contributed by atoms with Crippen LogP contribution in [0.5, 0.6) is 0 Å². The molecule has 130 valence electrons. The molecule has 1 unspecified atom stereocenters. The van der Waals surface area contributed by atoms with Crippen molar-refractivity contribution in [2.24, 2.45) is 0 Å². The number of carbonyl (C=O) groups excluding carboxylic acids is 1. The van der Waals surface area contributed by atoms with Gasteiger partial charge in [-0.05, 0) is 19.1 Å². The molecule has 0 saturated carbocycles. The highest BCUT2D eigenvalue weighted by molar-refractivity contribution is 7.10. The SMILES string of the molecule is CC(NC(=O)c1cccn2c(=O)[nH]nc12)c1nc(-c2ccccc2)cs1. The second-order valence-electron chi connectivity index (χ2n) is 5.78. The fourth-order valence-electron chi connectivity index (χ4n) is 2.67. The van der Waals surface area contributed by atoms with Gasteiger partial charge in [-0.2, -0.15) is 5.10 Å². The molecule has 1 amide bonds. The zero-order valence-electron chi connectivity index (χ0n) is 13.8. The number of benzene rings is 1. The average Bonchev–Trinajstić information content (AvgIpc) is 3.30. The number of fused-ring (bicyclic) bond motifs is 1. The molecule has 1 aromatic carbocycles. The Morgan fingerprint density at radius 1 is 1.23 bits per heavy atom. The molecule has 26 heavy (non-hydrogen) atoms. The molecule has 0 radical (unpaired) electrons. The molecule has 0 aliphatic heterocycles. The molecule has 0 aliphatic carbocycles. The first-order valence-electron chi connectivity index (χ1n) is 8.01. The smallest absolute Gasteiger partial charge is 0.343 e. The molecule has 8 heteroatoms. The second-order valence-corrected chi connectivity index (χ2v) is 6.67. The summed E-state index contributed by atoms with van der Waals surface area (Å²) < 4.78 is 1.30. The van der Waals surface area contributed by atoms with Crippen molar-refractivity contribution in [2.75, 3.05) is 0 Å². The summed E-state index contributed by atoms with van der Waals surface area (Å²) in [6.45, 7) is 1.88. The number of rotatable bonds is 4. The standard InChI is InChI=1S/C18H15N5O2S/c1-11(17-20-14(10-26-17)12-6-3-2-4-7-12)19-16(24)13-8-5-9-23-15(13)21-22-18(23)25/h2-11H,1H3,(H,19,24)(H,22,25). The first-order valence-corrected chi connectivity index (χ1v) is 8.89. The molecular weight excluding hydrogens is 350 g/mol. The van der Waals surface area contributed by atoms with E-state index in [9.17, 15) is 9.59 Å². The van der Waals surface area contributed by atoms with E-state index >= 15 is 0 Å². The molecular formula is C18H15N5O2S. The van der Waals surface area contributed by atoms with Gasteiger partial charge in [0.2, 0.25) is 0 Å². The molecule has 0 saturated heterocycles. The van der Waals surface area contributed by atoms with Gasteiger partial charge in [0.05, 0.1) is 17.3 Å². The predicted molar refractivity (Wildman–Crippen MR) is 99.2 cm³/mol. The van der Waals surface area contributed by atoms with Crippen molar-refractivity contribution in [1.82, 2.24) is 24.9 Å². The summed E-state index contributed by atoms with van der Waals surface area (Å²) in [5, 5.41) is 12.0. The molecule has 0 bridgehead atoms. The number of thiazole rings is 1. The van der Waals surface area contributed by atoms with Gasteiger partial charge in [0.15, 0.2) is 5.65 Å². The average molecular weight is 365 g/mol. The predicted octanol–water partition coefficient (Wildman–Crippen LogP) is 2.64. The van der Waals surface area contributed by atoms with E-state index in [0.717, 1.165) is 16.3 Å². The number of aromatic amines is 1. The number of nitrogens with one attached hydrogen (secondary N) is 2. The lowest BCUT2D eigenvalue weighted by Gasteiger charge is -2.11. The number of hydrogen-bond donors (Lipinski definition) is 2. The molecule has 3 heterocycles. The normalized spacial score (nSPS) is 12.2. The van der Waals surface area contributed by atoms with Crippen molar-refractivity contribution in [3.05, 3.63) is 75.1 Å². The lowest BCUT2D eigenvalue weighted by Crippen LogP contribution is -2.27. The summed E-state index contributed by atoms with van der Waals surface area (Å²) in [7, 11) is 0. The molecule has 4 aromatic rings. The van der Waals surface area contributed by atoms with Gasteiger partial charge < -0.3 is 5.32 Å². The van der Waals surface area contributed by atoms with E-state index in [1.807, 2.05) is 42.6 Å². The highest BCUT2D eigenvalue weighted by Gasteiger charge is 2.18. The quantitative estimate of drug-likeness (QED) is 0.581. The Hall–Kier alpha value is -3.26. The summed E-state index contributed by atoms with van der Waals surface area (Å²) in [6.07, 6.45) is 1.56. The first kappa shape index (κ1) is 16.2. The summed E-state index contributed by atoms with van der Waals surface area (Å²) in [6, 6.07) is 12.9. The fraction of sp³-hybridized carbons (Fsp3) is 0.111. The van der Waals surface area contributed by atoms with Crippen LogP contribution in [0.25, 0.3) is 16.9 Å². The first-order chi connectivity index (χ1) is 12.6. The Morgan fingerprint density at radius 3 is 2.85 bits per heavy atom. The number of amides is 1. The number of pyridine rings is 1. The Balaban J connectivity index is 1.56. The number of carbonyl (C=O) groups is 1. The van der Waals surface area contributed by atoms with Gasteiger partial charge >= 0.3 is 5.69 Å². The summed E-state index contributed by atoms with van der Waals surface area (Å²) in [5.74, 6) is -0.307. The molecule has 1 atom stereocenters. The van der Waals surface area contributed by atoms with Crippen LogP contribution in [0.2, 0.25) is 0 Å². The van der Waals surface area contributed by atoms with Crippen molar-refractivity contribution >= 4 is 22.9 Å². The van der Waals surface area contributed by atoms with Gasteiger partial charge in [-0.3, -0.25) is 4.79 Å². The van der Waals surface area contributed by atoms with Crippen LogP contribution >= 0.6 is 11.3 Å². The fourth-order valence-corrected chi connectivity index (χ4v) is 3.51. The highest BCUT2D eigenvalue weighted by Crippen LogP contribution is 2.25. The van der Waals surface area contributed by atoms with Gasteiger partial charge in [-0.25, -0.2) is 19.3 Å².